The van der Waals surface area contributed by atoms with E-state index in [1.807, 2.05) is 60.7 Å². The molecule has 0 heterocycles. The molecule has 182 valence electrons. The van der Waals surface area contributed by atoms with Crippen molar-refractivity contribution >= 4 is 21.9 Å². The van der Waals surface area contributed by atoms with E-state index < -0.39 is 27.3 Å². The number of ether oxygens (including phenoxy) is 2. The van der Waals surface area contributed by atoms with Gasteiger partial charge in [0.05, 0.1) is 17.1 Å². The van der Waals surface area contributed by atoms with Gasteiger partial charge in [-0.15, -0.1) is 0 Å². The van der Waals surface area contributed by atoms with Crippen molar-refractivity contribution in [2.24, 2.45) is 0 Å². The van der Waals surface area contributed by atoms with Crippen LogP contribution in [0, 0.1) is 0 Å². The molecule has 36 heavy (non-hydrogen) atoms. The quantitative estimate of drug-likeness (QED) is 0.253. The highest BCUT2D eigenvalue weighted by Crippen LogP contribution is 2.25. The number of rotatable bonds is 10. The second-order valence-electron chi connectivity index (χ2n) is 8.03. The molecule has 0 amide bonds. The second kappa shape index (κ2) is 12.1. The summed E-state index contributed by atoms with van der Waals surface area (Å²) in [6.45, 7) is 0.0239. The summed E-state index contributed by atoms with van der Waals surface area (Å²) < 4.78 is 39.4. The summed E-state index contributed by atoms with van der Waals surface area (Å²) in [6.07, 6.45) is 2.07. The van der Waals surface area contributed by atoms with E-state index >= 15 is 0 Å². The average Bonchev–Trinajstić information content (AvgIpc) is 2.93. The molecular formula is C30H26O5S. The fraction of sp³-hybridized carbons (Fsp3) is 0.100. The lowest BCUT2D eigenvalue weighted by Crippen LogP contribution is -2.38. The molecule has 0 aliphatic heterocycles. The lowest BCUT2D eigenvalue weighted by atomic mass is 10.2. The number of esters is 1. The molecule has 0 radical (unpaired) electrons. The third-order valence-corrected chi connectivity index (χ3v) is 7.38. The molecule has 6 heteroatoms. The Balaban J connectivity index is 1.73. The minimum atomic E-state index is -4.05. The maximum Gasteiger partial charge on any atom is 0.338 e. The molecule has 0 bridgehead atoms. The van der Waals surface area contributed by atoms with Gasteiger partial charge in [0.1, 0.15) is 0 Å². The van der Waals surface area contributed by atoms with Crippen molar-refractivity contribution in [3.63, 3.8) is 0 Å². The van der Waals surface area contributed by atoms with Gasteiger partial charge in [-0.25, -0.2) is 13.2 Å². The first-order chi connectivity index (χ1) is 17.5. The number of sulfone groups is 1. The van der Waals surface area contributed by atoms with E-state index in [-0.39, 0.29) is 11.5 Å². The Morgan fingerprint density at radius 1 is 0.722 bits per heavy atom. The smallest absolute Gasteiger partial charge is 0.338 e. The Kier molecular flexibility index (Phi) is 8.44. The number of benzene rings is 4. The van der Waals surface area contributed by atoms with Gasteiger partial charge in [-0.1, -0.05) is 103 Å². The van der Waals surface area contributed by atoms with Crippen molar-refractivity contribution in [1.82, 2.24) is 0 Å². The summed E-state index contributed by atoms with van der Waals surface area (Å²) >= 11 is 0. The van der Waals surface area contributed by atoms with E-state index in [4.69, 9.17) is 9.47 Å². The van der Waals surface area contributed by atoms with Crippen LogP contribution >= 0.6 is 0 Å². The largest absolute Gasteiger partial charge is 0.451 e. The Labute approximate surface area is 211 Å². The molecule has 5 nitrogen and oxygen atoms in total. The molecule has 4 aromatic carbocycles. The van der Waals surface area contributed by atoms with Crippen molar-refractivity contribution in [2.45, 2.75) is 23.0 Å². The third kappa shape index (κ3) is 6.56. The lowest BCUT2D eigenvalue weighted by molar-refractivity contribution is -0.00829. The molecule has 2 atom stereocenters. The molecule has 4 rings (SSSR count). The fourth-order valence-electron chi connectivity index (χ4n) is 3.58. The first kappa shape index (κ1) is 25.1. The van der Waals surface area contributed by atoms with Crippen LogP contribution in [0.25, 0.3) is 6.08 Å². The van der Waals surface area contributed by atoms with Crippen molar-refractivity contribution in [1.29, 1.82) is 0 Å². The molecule has 0 spiro atoms. The molecule has 2 unspecified atom stereocenters. The standard InChI is InChI=1S/C30H26O5S/c31-29(26-17-9-3-10-18-26)35-28(22-21-24-13-5-1-6-14-24)30(34-23-25-15-7-2-8-16-25)36(32,33)27-19-11-4-12-20-27/h1-22,28,30H,23H2/b22-21+. The van der Waals surface area contributed by atoms with Crippen LogP contribution in [0.5, 0.6) is 0 Å². The molecule has 0 aliphatic rings. The molecule has 0 aliphatic carbocycles. The van der Waals surface area contributed by atoms with Gasteiger partial charge in [-0.05, 0) is 41.5 Å². The van der Waals surface area contributed by atoms with E-state index in [0.717, 1.165) is 11.1 Å². The zero-order chi connectivity index (χ0) is 25.2. The zero-order valence-electron chi connectivity index (χ0n) is 19.5. The van der Waals surface area contributed by atoms with Crippen molar-refractivity contribution in [2.75, 3.05) is 0 Å². The minimum absolute atomic E-state index is 0.0239. The van der Waals surface area contributed by atoms with E-state index in [1.165, 1.54) is 12.1 Å². The first-order valence-electron chi connectivity index (χ1n) is 11.5. The van der Waals surface area contributed by atoms with E-state index in [0.29, 0.717) is 5.56 Å². The van der Waals surface area contributed by atoms with Gasteiger partial charge in [0.25, 0.3) is 0 Å². The summed E-state index contributed by atoms with van der Waals surface area (Å²) in [7, 11) is -4.05. The van der Waals surface area contributed by atoms with Crippen LogP contribution in [-0.2, 0) is 25.9 Å². The second-order valence-corrected chi connectivity index (χ2v) is 10.1. The average molecular weight is 499 g/mol. The van der Waals surface area contributed by atoms with Crippen LogP contribution in [0.1, 0.15) is 21.5 Å². The van der Waals surface area contributed by atoms with Gasteiger partial charge in [-0.2, -0.15) is 0 Å². The van der Waals surface area contributed by atoms with E-state index in [2.05, 4.69) is 0 Å². The highest BCUT2D eigenvalue weighted by atomic mass is 32.2. The highest BCUT2D eigenvalue weighted by Gasteiger charge is 2.37. The number of carbonyl (C=O) groups excluding carboxylic acids is 1. The summed E-state index contributed by atoms with van der Waals surface area (Å²) in [5.41, 5.74) is 0.463. The molecule has 0 fully saturated rings. The van der Waals surface area contributed by atoms with Crippen LogP contribution in [0.15, 0.2) is 132 Å². The molecule has 0 aromatic heterocycles. The monoisotopic (exact) mass is 498 g/mol. The van der Waals surface area contributed by atoms with E-state index in [1.54, 1.807) is 60.7 Å². The topological polar surface area (TPSA) is 69.7 Å². The maximum atomic E-state index is 13.8. The van der Waals surface area contributed by atoms with Gasteiger partial charge in [0.2, 0.25) is 15.3 Å². The fourth-order valence-corrected chi connectivity index (χ4v) is 5.13. The highest BCUT2D eigenvalue weighted by molar-refractivity contribution is 7.92. The molecular weight excluding hydrogens is 472 g/mol. The van der Waals surface area contributed by atoms with Crippen molar-refractivity contribution < 1.29 is 22.7 Å². The summed E-state index contributed by atoms with van der Waals surface area (Å²) in [5, 5.41) is 0. The van der Waals surface area contributed by atoms with Crippen LogP contribution in [-0.4, -0.2) is 25.9 Å². The molecule has 0 saturated heterocycles. The zero-order valence-corrected chi connectivity index (χ0v) is 20.3. The molecule has 0 saturated carbocycles. The van der Waals surface area contributed by atoms with Crippen molar-refractivity contribution in [3.05, 3.63) is 144 Å². The summed E-state index contributed by atoms with van der Waals surface area (Å²) in [6, 6.07) is 35.1. The SMILES string of the molecule is O=C(OC(/C=C/c1ccccc1)C(OCc1ccccc1)S(=O)(=O)c1ccccc1)c1ccccc1. The maximum absolute atomic E-state index is 13.8. The minimum Gasteiger partial charge on any atom is -0.451 e. The van der Waals surface area contributed by atoms with Crippen LogP contribution < -0.4 is 0 Å². The Morgan fingerprint density at radius 3 is 1.86 bits per heavy atom. The van der Waals surface area contributed by atoms with Crippen molar-refractivity contribution in [3.8, 4) is 0 Å². The third-order valence-electron chi connectivity index (χ3n) is 5.43. The van der Waals surface area contributed by atoms with E-state index in [9.17, 15) is 13.2 Å². The predicted molar refractivity (Wildman–Crippen MR) is 140 cm³/mol. The number of carbonyl (C=O) groups is 1. The van der Waals surface area contributed by atoms with Gasteiger partial charge in [0.15, 0.2) is 6.10 Å². The predicted octanol–water partition coefficient (Wildman–Crippen LogP) is 5.94. The Bertz CT molecular complexity index is 1370. The number of hydrogen-bond donors (Lipinski definition) is 0. The molecule has 0 N–H and O–H groups in total. The Hall–Kier alpha value is -4.00. The molecule has 4 aromatic rings. The summed E-state index contributed by atoms with van der Waals surface area (Å²) in [4.78, 5) is 13.1. The summed E-state index contributed by atoms with van der Waals surface area (Å²) in [5.74, 6) is -0.644. The lowest BCUT2D eigenvalue weighted by Gasteiger charge is -2.25. The van der Waals surface area contributed by atoms with Crippen LogP contribution in [0.3, 0.4) is 0 Å². The van der Waals surface area contributed by atoms with Gasteiger partial charge in [0, 0.05) is 0 Å². The first-order valence-corrected chi connectivity index (χ1v) is 13.0. The van der Waals surface area contributed by atoms with Gasteiger partial charge >= 0.3 is 5.97 Å². The van der Waals surface area contributed by atoms with Gasteiger partial charge < -0.3 is 9.47 Å². The Morgan fingerprint density at radius 2 is 1.25 bits per heavy atom. The van der Waals surface area contributed by atoms with Crippen LogP contribution in [0.4, 0.5) is 0 Å². The number of hydrogen-bond acceptors (Lipinski definition) is 5. The van der Waals surface area contributed by atoms with Crippen LogP contribution in [0.2, 0.25) is 0 Å². The van der Waals surface area contributed by atoms with Gasteiger partial charge in [-0.3, -0.25) is 0 Å². The normalized spacial score (nSPS) is 13.2.